The first-order valence-electron chi connectivity index (χ1n) is 14.0. The van der Waals surface area contributed by atoms with Gasteiger partial charge in [0.1, 0.15) is 0 Å². The van der Waals surface area contributed by atoms with Crippen molar-refractivity contribution in [3.63, 3.8) is 0 Å². The molecule has 0 bridgehead atoms. The maximum Gasteiger partial charge on any atom is 0.208 e. The number of nitrogens with one attached hydrogen (secondary N) is 2. The fourth-order valence-corrected chi connectivity index (χ4v) is 3.71. The fourth-order valence-electron chi connectivity index (χ4n) is 3.19. The number of carbonyl (C=O) groups is 1. The van der Waals surface area contributed by atoms with Crippen molar-refractivity contribution in [2.75, 3.05) is 32.2 Å². The lowest BCUT2D eigenvalue weighted by Gasteiger charge is -2.25. The highest BCUT2D eigenvalue weighted by Crippen LogP contribution is 2.16. The van der Waals surface area contributed by atoms with Crippen molar-refractivity contribution in [3.8, 4) is 0 Å². The zero-order chi connectivity index (χ0) is 30.6. The van der Waals surface area contributed by atoms with Gasteiger partial charge in [-0.3, -0.25) is 10.2 Å². The largest absolute Gasteiger partial charge is 0.377 e. The molecule has 0 saturated carbocycles. The summed E-state index contributed by atoms with van der Waals surface area (Å²) in [6.07, 6.45) is 5.66. The molecule has 0 heterocycles. The van der Waals surface area contributed by atoms with Crippen molar-refractivity contribution < 1.29 is 9.53 Å². The molecule has 2 aromatic rings. The van der Waals surface area contributed by atoms with E-state index in [0.29, 0.717) is 12.3 Å². The lowest BCUT2D eigenvalue weighted by molar-refractivity contribution is -0.110. The van der Waals surface area contributed by atoms with Gasteiger partial charge in [-0.1, -0.05) is 86.2 Å². The molecule has 6 nitrogen and oxygen atoms in total. The zero-order valence-electron chi connectivity index (χ0n) is 26.0. The van der Waals surface area contributed by atoms with Crippen LogP contribution in [0.25, 0.3) is 0 Å². The molecular formula is C33H56N4O2S. The van der Waals surface area contributed by atoms with Gasteiger partial charge in [0.25, 0.3) is 0 Å². The van der Waals surface area contributed by atoms with Gasteiger partial charge >= 0.3 is 0 Å². The van der Waals surface area contributed by atoms with Crippen molar-refractivity contribution >= 4 is 18.2 Å². The molecule has 226 valence electrons. The lowest BCUT2D eigenvalue weighted by atomic mass is 9.99. The number of thioether (sulfide) groups is 1. The maximum atomic E-state index is 9.58. The standard InChI is InChI=1S/C16H26N2S.C11H16O.C4H10N2O.C2H4/c1-14(2)16(10-11-19-4)13-18(3)17-12-15-8-6-5-7-9-15;1-3-8-12-9-11-6-4-10(2)5-7-11;1-2-4(5)6-3-7;1-2/h5-9,16-17H,1,10-13H2,2-4H3;4-7H,3,8-9H2,1-2H3;3-4H,2,5H2,1H3,(H,6,7);1-2H2/t16-;;;/m1.../s1. The van der Waals surface area contributed by atoms with E-state index in [9.17, 15) is 4.79 Å². The van der Waals surface area contributed by atoms with Gasteiger partial charge in [-0.05, 0) is 62.2 Å². The Morgan fingerprint density at radius 2 is 1.73 bits per heavy atom. The van der Waals surface area contributed by atoms with Gasteiger partial charge in [0.2, 0.25) is 6.41 Å². The van der Waals surface area contributed by atoms with Crippen LogP contribution in [0.5, 0.6) is 0 Å². The van der Waals surface area contributed by atoms with Crippen LogP contribution in [0.2, 0.25) is 0 Å². The molecule has 0 radical (unpaired) electrons. The van der Waals surface area contributed by atoms with E-state index in [-0.39, 0.29) is 6.17 Å². The third-order valence-corrected chi connectivity index (χ3v) is 6.36. The summed E-state index contributed by atoms with van der Waals surface area (Å²) in [5, 5.41) is 4.58. The van der Waals surface area contributed by atoms with Crippen LogP contribution in [0.4, 0.5) is 0 Å². The van der Waals surface area contributed by atoms with Crippen LogP contribution in [-0.2, 0) is 22.7 Å². The van der Waals surface area contributed by atoms with Crippen molar-refractivity contribution in [3.05, 3.63) is 96.6 Å². The van der Waals surface area contributed by atoms with Crippen LogP contribution < -0.4 is 16.5 Å². The third-order valence-electron chi connectivity index (χ3n) is 5.72. The SMILES string of the molecule is C=C.C=C(C)[C@H](CCSC)CN(C)NCc1ccccc1.CCC(N)NC=O.CCCOCc1ccc(C)cc1. The Kier molecular flexibility index (Phi) is 27.9. The highest BCUT2D eigenvalue weighted by molar-refractivity contribution is 7.98. The summed E-state index contributed by atoms with van der Waals surface area (Å²) in [5.41, 5.74) is 13.8. The van der Waals surface area contributed by atoms with E-state index in [4.69, 9.17) is 10.5 Å². The molecule has 0 aliphatic carbocycles. The Balaban J connectivity index is 0. The number of nitrogens with two attached hydrogens (primary N) is 1. The highest BCUT2D eigenvalue weighted by atomic mass is 32.2. The number of rotatable bonds is 16. The minimum absolute atomic E-state index is 0.169. The van der Waals surface area contributed by atoms with Crippen LogP contribution in [-0.4, -0.2) is 49.8 Å². The predicted octanol–water partition coefficient (Wildman–Crippen LogP) is 6.72. The summed E-state index contributed by atoms with van der Waals surface area (Å²) in [6, 6.07) is 19.0. The monoisotopic (exact) mass is 572 g/mol. The molecule has 1 unspecified atom stereocenters. The number of carbonyl (C=O) groups excluding carboxylic acids is 1. The molecule has 0 aliphatic rings. The third kappa shape index (κ3) is 23.5. The number of benzene rings is 2. The molecule has 0 aromatic heterocycles. The quantitative estimate of drug-likeness (QED) is 0.0681. The molecule has 0 spiro atoms. The van der Waals surface area contributed by atoms with E-state index in [1.165, 1.54) is 34.4 Å². The van der Waals surface area contributed by atoms with E-state index >= 15 is 0 Å². The number of ether oxygens (including phenoxy) is 1. The molecule has 7 heteroatoms. The van der Waals surface area contributed by atoms with Gasteiger partial charge in [0.15, 0.2) is 0 Å². The van der Waals surface area contributed by atoms with Crippen molar-refractivity contribution in [1.29, 1.82) is 0 Å². The van der Waals surface area contributed by atoms with Gasteiger partial charge in [0, 0.05) is 26.7 Å². The van der Waals surface area contributed by atoms with Crippen molar-refractivity contribution in [2.45, 2.75) is 66.3 Å². The smallest absolute Gasteiger partial charge is 0.208 e. The van der Waals surface area contributed by atoms with Gasteiger partial charge in [-0.25, -0.2) is 5.01 Å². The molecule has 1 amide bonds. The first-order valence-corrected chi connectivity index (χ1v) is 15.4. The Labute approximate surface area is 249 Å². The van der Waals surface area contributed by atoms with Gasteiger partial charge in [-0.2, -0.15) is 11.8 Å². The average molecular weight is 573 g/mol. The summed E-state index contributed by atoms with van der Waals surface area (Å²) in [7, 11) is 2.11. The molecule has 2 aromatic carbocycles. The van der Waals surface area contributed by atoms with Crippen LogP contribution >= 0.6 is 11.8 Å². The molecule has 0 fully saturated rings. The van der Waals surface area contributed by atoms with E-state index in [1.807, 2.05) is 24.8 Å². The number of hydrogen-bond donors (Lipinski definition) is 3. The van der Waals surface area contributed by atoms with Crippen molar-refractivity contribution in [1.82, 2.24) is 15.8 Å². The second-order valence-electron chi connectivity index (χ2n) is 9.36. The van der Waals surface area contributed by atoms with Crippen LogP contribution in [0.1, 0.15) is 56.7 Å². The molecular weight excluding hydrogens is 516 g/mol. The van der Waals surface area contributed by atoms with Gasteiger partial charge in [0.05, 0.1) is 12.8 Å². The molecule has 40 heavy (non-hydrogen) atoms. The topological polar surface area (TPSA) is 79.6 Å². The minimum atomic E-state index is -0.169. The second-order valence-corrected chi connectivity index (χ2v) is 10.3. The minimum Gasteiger partial charge on any atom is -0.377 e. The van der Waals surface area contributed by atoms with Crippen LogP contribution in [0.15, 0.2) is 79.9 Å². The van der Waals surface area contributed by atoms with Crippen LogP contribution in [0, 0.1) is 12.8 Å². The highest BCUT2D eigenvalue weighted by Gasteiger charge is 2.12. The maximum absolute atomic E-state index is 9.58. The van der Waals surface area contributed by atoms with Crippen LogP contribution in [0.3, 0.4) is 0 Å². The lowest BCUT2D eigenvalue weighted by Crippen LogP contribution is -2.38. The number of aryl methyl sites for hydroxylation is 1. The van der Waals surface area contributed by atoms with E-state index in [1.54, 1.807) is 0 Å². The Morgan fingerprint density at radius 1 is 1.10 bits per heavy atom. The first-order chi connectivity index (χ1) is 19.3. The second kappa shape index (κ2) is 28.1. The first kappa shape index (κ1) is 39.7. The summed E-state index contributed by atoms with van der Waals surface area (Å²) < 4.78 is 5.41. The van der Waals surface area contributed by atoms with E-state index < -0.39 is 0 Å². The molecule has 0 saturated heterocycles. The normalized spacial score (nSPS) is 11.4. The van der Waals surface area contributed by atoms with Gasteiger partial charge < -0.3 is 15.8 Å². The fraction of sp³-hybridized carbons (Fsp3) is 0.485. The predicted molar refractivity (Wildman–Crippen MR) is 177 cm³/mol. The summed E-state index contributed by atoms with van der Waals surface area (Å²) in [6.45, 7) is 21.9. The summed E-state index contributed by atoms with van der Waals surface area (Å²) in [4.78, 5) is 9.58. The Morgan fingerprint density at radius 3 is 2.20 bits per heavy atom. The van der Waals surface area contributed by atoms with Crippen molar-refractivity contribution in [2.24, 2.45) is 11.7 Å². The average Bonchev–Trinajstić information content (AvgIpc) is 2.97. The Bertz CT molecular complexity index is 849. The number of amides is 1. The zero-order valence-corrected chi connectivity index (χ0v) is 26.8. The Hall–Kier alpha value is -2.42. The number of nitrogens with zero attached hydrogens (tertiary/aromatic N) is 1. The van der Waals surface area contributed by atoms with Gasteiger partial charge in [-0.15, -0.1) is 13.2 Å². The van der Waals surface area contributed by atoms with E-state index in [0.717, 1.165) is 39.1 Å². The van der Waals surface area contributed by atoms with E-state index in [2.05, 4.69) is 118 Å². The molecule has 2 rings (SSSR count). The summed E-state index contributed by atoms with van der Waals surface area (Å²) >= 11 is 1.90. The number of hydrogen-bond acceptors (Lipinski definition) is 6. The number of hydrazine groups is 1. The molecule has 0 aliphatic heterocycles. The summed E-state index contributed by atoms with van der Waals surface area (Å²) in [5.74, 6) is 1.77. The molecule has 2 atom stereocenters. The molecule has 4 N–H and O–H groups in total.